The molecule has 1 aromatic rings. The van der Waals surface area contributed by atoms with Crippen LogP contribution in [0.2, 0.25) is 0 Å². The summed E-state index contributed by atoms with van der Waals surface area (Å²) in [5.41, 5.74) is 6.40. The summed E-state index contributed by atoms with van der Waals surface area (Å²) in [4.78, 5) is 0. The quantitative estimate of drug-likeness (QED) is 0.918. The zero-order valence-electron chi connectivity index (χ0n) is 9.22. The van der Waals surface area contributed by atoms with Crippen LogP contribution in [0.15, 0.2) is 22.7 Å². The van der Waals surface area contributed by atoms with E-state index >= 15 is 0 Å². The van der Waals surface area contributed by atoms with E-state index in [2.05, 4.69) is 15.9 Å². The lowest BCUT2D eigenvalue weighted by Crippen LogP contribution is -2.20. The van der Waals surface area contributed by atoms with Gasteiger partial charge in [-0.15, -0.1) is 0 Å². The van der Waals surface area contributed by atoms with Crippen molar-refractivity contribution < 1.29 is 17.9 Å². The van der Waals surface area contributed by atoms with E-state index in [9.17, 15) is 13.2 Å². The number of nitrogens with two attached hydrogens (primary N) is 1. The number of benzene rings is 1. The molecule has 1 atom stereocenters. The number of ether oxygens (including phenoxy) is 1. The Bertz CT molecular complexity index is 381. The van der Waals surface area contributed by atoms with E-state index in [1.165, 1.54) is 6.07 Å². The van der Waals surface area contributed by atoms with E-state index in [-0.39, 0.29) is 11.8 Å². The summed E-state index contributed by atoms with van der Waals surface area (Å²) < 4.78 is 41.7. The molecule has 0 saturated carbocycles. The first-order valence-electron chi connectivity index (χ1n) is 5.08. The van der Waals surface area contributed by atoms with Crippen molar-refractivity contribution >= 4 is 15.9 Å². The third-order valence-corrected chi connectivity index (χ3v) is 2.70. The van der Waals surface area contributed by atoms with Crippen molar-refractivity contribution in [2.75, 3.05) is 6.61 Å². The zero-order valence-corrected chi connectivity index (χ0v) is 10.8. The summed E-state index contributed by atoms with van der Waals surface area (Å²) in [7, 11) is 0. The number of halogens is 4. The van der Waals surface area contributed by atoms with Gasteiger partial charge in [0.25, 0.3) is 0 Å². The molecule has 0 aliphatic carbocycles. The van der Waals surface area contributed by atoms with Gasteiger partial charge >= 0.3 is 6.18 Å². The molecule has 1 unspecified atom stereocenters. The Kier molecular flexibility index (Phi) is 4.82. The van der Waals surface area contributed by atoms with Crippen molar-refractivity contribution in [3.63, 3.8) is 0 Å². The zero-order chi connectivity index (χ0) is 13.1. The molecule has 1 rings (SSSR count). The first-order valence-corrected chi connectivity index (χ1v) is 5.87. The Labute approximate surface area is 106 Å². The number of alkyl halides is 3. The van der Waals surface area contributed by atoms with Crippen LogP contribution < -0.4 is 10.5 Å². The molecule has 2 N–H and O–H groups in total. The van der Waals surface area contributed by atoms with Gasteiger partial charge in [-0.25, -0.2) is 0 Å². The molecule has 0 spiro atoms. The topological polar surface area (TPSA) is 35.2 Å². The first kappa shape index (κ1) is 14.3. The summed E-state index contributed by atoms with van der Waals surface area (Å²) in [5, 5.41) is 0. The second-order valence-corrected chi connectivity index (χ2v) is 4.52. The fourth-order valence-corrected chi connectivity index (χ4v) is 1.70. The number of rotatable bonds is 4. The number of hydrogen-bond acceptors (Lipinski definition) is 2. The van der Waals surface area contributed by atoms with Gasteiger partial charge in [0.1, 0.15) is 5.75 Å². The second kappa shape index (κ2) is 5.73. The van der Waals surface area contributed by atoms with Gasteiger partial charge in [-0.3, -0.25) is 0 Å². The Hall–Kier alpha value is -0.750. The molecule has 6 heteroatoms. The molecule has 0 aromatic heterocycles. The normalized spacial score (nSPS) is 13.5. The van der Waals surface area contributed by atoms with Gasteiger partial charge in [0.05, 0.1) is 0 Å². The van der Waals surface area contributed by atoms with Crippen LogP contribution in [0.5, 0.6) is 5.75 Å². The van der Waals surface area contributed by atoms with Crippen LogP contribution in [0.1, 0.15) is 24.9 Å². The minimum atomic E-state index is -4.35. The highest BCUT2D eigenvalue weighted by molar-refractivity contribution is 9.10. The predicted octanol–water partition coefficient (Wildman–Crippen LogP) is 3.80. The monoisotopic (exact) mass is 311 g/mol. The average Bonchev–Trinajstić information content (AvgIpc) is 2.25. The molecule has 2 nitrogen and oxygen atoms in total. The molecular weight excluding hydrogens is 299 g/mol. The SMILES string of the molecule is CCC(N)c1cc(Br)ccc1OCC(F)(F)F. The fraction of sp³-hybridized carbons (Fsp3) is 0.455. The lowest BCUT2D eigenvalue weighted by molar-refractivity contribution is -0.153. The summed E-state index contributed by atoms with van der Waals surface area (Å²) in [6, 6.07) is 4.45. The highest BCUT2D eigenvalue weighted by Gasteiger charge is 2.29. The Morgan fingerprint density at radius 1 is 1.41 bits per heavy atom. The average molecular weight is 312 g/mol. The van der Waals surface area contributed by atoms with Gasteiger partial charge < -0.3 is 10.5 Å². The van der Waals surface area contributed by atoms with Gasteiger partial charge in [0.2, 0.25) is 0 Å². The minimum Gasteiger partial charge on any atom is -0.484 e. The molecule has 0 aliphatic rings. The summed E-state index contributed by atoms with van der Waals surface area (Å²) in [6.07, 6.45) is -3.72. The maximum atomic E-state index is 12.1. The van der Waals surface area contributed by atoms with Crippen LogP contribution in [-0.2, 0) is 0 Å². The van der Waals surface area contributed by atoms with Crippen LogP contribution in [0.25, 0.3) is 0 Å². The standard InChI is InChI=1S/C11H13BrF3NO/c1-2-9(16)8-5-7(12)3-4-10(8)17-6-11(13,14)15/h3-5,9H,2,6,16H2,1H3. The van der Waals surface area contributed by atoms with Crippen molar-refractivity contribution in [2.45, 2.75) is 25.6 Å². The van der Waals surface area contributed by atoms with Crippen molar-refractivity contribution in [3.8, 4) is 5.75 Å². The molecule has 96 valence electrons. The van der Waals surface area contributed by atoms with Crippen LogP contribution >= 0.6 is 15.9 Å². The van der Waals surface area contributed by atoms with E-state index in [0.29, 0.717) is 12.0 Å². The van der Waals surface area contributed by atoms with Gasteiger partial charge in [-0.2, -0.15) is 13.2 Å². The predicted molar refractivity (Wildman–Crippen MR) is 62.9 cm³/mol. The third-order valence-electron chi connectivity index (χ3n) is 2.20. The van der Waals surface area contributed by atoms with E-state index in [1.807, 2.05) is 6.92 Å². The van der Waals surface area contributed by atoms with Crippen LogP contribution in [0, 0.1) is 0 Å². The van der Waals surface area contributed by atoms with Crippen LogP contribution in [-0.4, -0.2) is 12.8 Å². The van der Waals surface area contributed by atoms with Crippen molar-refractivity contribution in [1.29, 1.82) is 0 Å². The molecule has 0 amide bonds. The highest BCUT2D eigenvalue weighted by Crippen LogP contribution is 2.30. The Balaban J connectivity index is 2.90. The van der Waals surface area contributed by atoms with Crippen LogP contribution in [0.3, 0.4) is 0 Å². The Morgan fingerprint density at radius 3 is 2.59 bits per heavy atom. The van der Waals surface area contributed by atoms with E-state index in [0.717, 1.165) is 4.47 Å². The molecule has 0 bridgehead atoms. The Morgan fingerprint density at radius 2 is 2.06 bits per heavy atom. The van der Waals surface area contributed by atoms with Crippen molar-refractivity contribution in [2.24, 2.45) is 5.73 Å². The minimum absolute atomic E-state index is 0.180. The van der Waals surface area contributed by atoms with Crippen LogP contribution in [0.4, 0.5) is 13.2 Å². The number of hydrogen-bond donors (Lipinski definition) is 1. The molecular formula is C11H13BrF3NO. The maximum Gasteiger partial charge on any atom is 0.422 e. The summed E-state index contributed by atoms with van der Waals surface area (Å²) in [5.74, 6) is 0.180. The highest BCUT2D eigenvalue weighted by atomic mass is 79.9. The van der Waals surface area contributed by atoms with Gasteiger partial charge in [0, 0.05) is 16.1 Å². The molecule has 0 saturated heterocycles. The van der Waals surface area contributed by atoms with Gasteiger partial charge in [-0.05, 0) is 24.6 Å². The molecule has 1 aromatic carbocycles. The van der Waals surface area contributed by atoms with Crippen molar-refractivity contribution in [3.05, 3.63) is 28.2 Å². The van der Waals surface area contributed by atoms with E-state index < -0.39 is 12.8 Å². The lowest BCUT2D eigenvalue weighted by atomic mass is 10.0. The molecule has 0 heterocycles. The van der Waals surface area contributed by atoms with E-state index in [4.69, 9.17) is 10.5 Å². The fourth-order valence-electron chi connectivity index (χ4n) is 1.32. The summed E-state index contributed by atoms with van der Waals surface area (Å²) >= 11 is 3.25. The molecule has 17 heavy (non-hydrogen) atoms. The van der Waals surface area contributed by atoms with Gasteiger partial charge in [-0.1, -0.05) is 22.9 Å². The van der Waals surface area contributed by atoms with Crippen molar-refractivity contribution in [1.82, 2.24) is 0 Å². The first-order chi connectivity index (χ1) is 7.83. The lowest BCUT2D eigenvalue weighted by Gasteiger charge is -2.17. The molecule has 0 aliphatic heterocycles. The maximum absolute atomic E-state index is 12.1. The molecule has 0 fully saturated rings. The summed E-state index contributed by atoms with van der Waals surface area (Å²) in [6.45, 7) is 0.553. The van der Waals surface area contributed by atoms with E-state index in [1.54, 1.807) is 12.1 Å². The molecule has 0 radical (unpaired) electrons. The smallest absolute Gasteiger partial charge is 0.422 e. The second-order valence-electron chi connectivity index (χ2n) is 3.60. The largest absolute Gasteiger partial charge is 0.484 e. The third kappa shape index (κ3) is 4.55. The van der Waals surface area contributed by atoms with Gasteiger partial charge in [0.15, 0.2) is 6.61 Å².